The fraction of sp³-hybridized carbons (Fsp3) is 0.467. The van der Waals surface area contributed by atoms with Crippen LogP contribution in [0.15, 0.2) is 35.5 Å². The molecule has 0 saturated heterocycles. The standard InChI is InChI=1S/C15H17NO2/c17-15(11-6-2-1-3-7-11)18-16-14-10-12-8-4-5-9-13(12)14/h1-3,6-7,12-13H,4-5,8-10H2/b16-14-. The minimum absolute atomic E-state index is 0.359. The Balaban J connectivity index is 1.60. The van der Waals surface area contributed by atoms with Crippen LogP contribution in [0.5, 0.6) is 0 Å². The van der Waals surface area contributed by atoms with E-state index in [2.05, 4.69) is 5.16 Å². The van der Waals surface area contributed by atoms with Crippen molar-refractivity contribution in [1.29, 1.82) is 0 Å². The maximum atomic E-state index is 11.7. The summed E-state index contributed by atoms with van der Waals surface area (Å²) >= 11 is 0. The van der Waals surface area contributed by atoms with Gasteiger partial charge in [0.05, 0.1) is 11.3 Å². The third kappa shape index (κ3) is 2.17. The van der Waals surface area contributed by atoms with Crippen LogP contribution in [0.25, 0.3) is 0 Å². The molecule has 2 aliphatic carbocycles. The van der Waals surface area contributed by atoms with Gasteiger partial charge < -0.3 is 4.84 Å². The number of benzene rings is 1. The molecule has 3 nitrogen and oxygen atoms in total. The molecule has 0 aliphatic heterocycles. The van der Waals surface area contributed by atoms with E-state index in [0.29, 0.717) is 11.5 Å². The van der Waals surface area contributed by atoms with Crippen LogP contribution in [-0.2, 0) is 4.84 Å². The molecule has 3 heteroatoms. The molecule has 0 radical (unpaired) electrons. The first-order valence-electron chi connectivity index (χ1n) is 6.68. The first kappa shape index (κ1) is 11.5. The van der Waals surface area contributed by atoms with Gasteiger partial charge in [-0.3, -0.25) is 0 Å². The van der Waals surface area contributed by atoms with Crippen molar-refractivity contribution in [1.82, 2.24) is 0 Å². The maximum absolute atomic E-state index is 11.7. The SMILES string of the molecule is O=C(O/N=C1/CC2CCCCC12)c1ccccc1. The lowest BCUT2D eigenvalue weighted by Crippen LogP contribution is -2.39. The van der Waals surface area contributed by atoms with Crippen LogP contribution >= 0.6 is 0 Å². The van der Waals surface area contributed by atoms with Crippen molar-refractivity contribution in [3.8, 4) is 0 Å². The summed E-state index contributed by atoms with van der Waals surface area (Å²) in [6, 6.07) is 9.01. The summed E-state index contributed by atoms with van der Waals surface area (Å²) in [4.78, 5) is 16.7. The summed E-state index contributed by atoms with van der Waals surface area (Å²) in [5.41, 5.74) is 1.64. The van der Waals surface area contributed by atoms with Crippen molar-refractivity contribution in [2.45, 2.75) is 32.1 Å². The van der Waals surface area contributed by atoms with E-state index in [4.69, 9.17) is 4.84 Å². The van der Waals surface area contributed by atoms with Gasteiger partial charge in [-0.2, -0.15) is 0 Å². The molecule has 0 amide bonds. The summed E-state index contributed by atoms with van der Waals surface area (Å²) in [5.74, 6) is 1.03. The van der Waals surface area contributed by atoms with E-state index in [9.17, 15) is 4.79 Å². The van der Waals surface area contributed by atoms with Crippen molar-refractivity contribution in [3.63, 3.8) is 0 Å². The lowest BCUT2D eigenvalue weighted by Gasteiger charge is -2.41. The Bertz CT molecular complexity index is 467. The fourth-order valence-corrected chi connectivity index (χ4v) is 2.98. The molecule has 2 aliphatic rings. The highest BCUT2D eigenvalue weighted by Crippen LogP contribution is 2.42. The Hall–Kier alpha value is -1.64. The van der Waals surface area contributed by atoms with Gasteiger partial charge in [0.15, 0.2) is 0 Å². The van der Waals surface area contributed by atoms with Crippen molar-refractivity contribution in [3.05, 3.63) is 35.9 Å². The van der Waals surface area contributed by atoms with E-state index in [1.54, 1.807) is 12.1 Å². The van der Waals surface area contributed by atoms with Crippen LogP contribution in [0.1, 0.15) is 42.5 Å². The number of hydrogen-bond donors (Lipinski definition) is 0. The van der Waals surface area contributed by atoms with E-state index in [1.807, 2.05) is 18.2 Å². The van der Waals surface area contributed by atoms with E-state index in [0.717, 1.165) is 18.1 Å². The van der Waals surface area contributed by atoms with Crippen LogP contribution in [0.3, 0.4) is 0 Å². The maximum Gasteiger partial charge on any atom is 0.365 e. The second-order valence-corrected chi connectivity index (χ2v) is 5.18. The molecule has 0 spiro atoms. The average Bonchev–Trinajstić information content (AvgIpc) is 2.40. The van der Waals surface area contributed by atoms with Crippen LogP contribution in [0, 0.1) is 11.8 Å². The Morgan fingerprint density at radius 3 is 2.72 bits per heavy atom. The highest BCUT2D eigenvalue weighted by molar-refractivity contribution is 5.94. The summed E-state index contributed by atoms with van der Waals surface area (Å²) < 4.78 is 0. The lowest BCUT2D eigenvalue weighted by molar-refractivity contribution is 0.0502. The van der Waals surface area contributed by atoms with Crippen LogP contribution in [0.4, 0.5) is 0 Å². The van der Waals surface area contributed by atoms with Gasteiger partial charge in [-0.05, 0) is 37.3 Å². The van der Waals surface area contributed by atoms with E-state index >= 15 is 0 Å². The van der Waals surface area contributed by atoms with E-state index in [-0.39, 0.29) is 5.97 Å². The smallest absolute Gasteiger partial charge is 0.313 e. The van der Waals surface area contributed by atoms with Gasteiger partial charge in [0.1, 0.15) is 0 Å². The number of carbonyl (C=O) groups is 1. The van der Waals surface area contributed by atoms with Crippen molar-refractivity contribution in [2.24, 2.45) is 17.0 Å². The molecule has 0 bridgehead atoms. The molecule has 18 heavy (non-hydrogen) atoms. The molecule has 2 unspecified atom stereocenters. The minimum atomic E-state index is -0.359. The Labute approximate surface area is 107 Å². The van der Waals surface area contributed by atoms with Gasteiger partial charge in [-0.1, -0.05) is 36.2 Å². The minimum Gasteiger partial charge on any atom is -0.313 e. The van der Waals surface area contributed by atoms with Crippen molar-refractivity contribution >= 4 is 11.7 Å². The van der Waals surface area contributed by atoms with Gasteiger partial charge in [-0.25, -0.2) is 4.79 Å². The third-order valence-corrected chi connectivity index (χ3v) is 4.06. The normalized spacial score (nSPS) is 28.3. The molecule has 0 aromatic heterocycles. The predicted molar refractivity (Wildman–Crippen MR) is 69.4 cm³/mol. The predicted octanol–water partition coefficient (Wildman–Crippen LogP) is 3.41. The molecular weight excluding hydrogens is 226 g/mol. The quantitative estimate of drug-likeness (QED) is 0.589. The molecule has 3 rings (SSSR count). The molecule has 1 aromatic rings. The largest absolute Gasteiger partial charge is 0.365 e. The zero-order valence-electron chi connectivity index (χ0n) is 10.3. The fourth-order valence-electron chi connectivity index (χ4n) is 2.98. The average molecular weight is 243 g/mol. The van der Waals surface area contributed by atoms with Crippen LogP contribution < -0.4 is 0 Å². The number of oxime groups is 1. The molecule has 0 N–H and O–H groups in total. The van der Waals surface area contributed by atoms with Crippen molar-refractivity contribution < 1.29 is 9.63 Å². The van der Waals surface area contributed by atoms with Crippen LogP contribution in [0.2, 0.25) is 0 Å². The Kier molecular flexibility index (Phi) is 3.13. The molecule has 2 atom stereocenters. The number of fused-ring (bicyclic) bond motifs is 1. The Morgan fingerprint density at radius 1 is 1.17 bits per heavy atom. The van der Waals surface area contributed by atoms with E-state index < -0.39 is 0 Å². The lowest BCUT2D eigenvalue weighted by atomic mass is 9.64. The summed E-state index contributed by atoms with van der Waals surface area (Å²) in [6.07, 6.45) is 6.18. The molecular formula is C15H17NO2. The van der Waals surface area contributed by atoms with Gasteiger partial charge in [0, 0.05) is 5.92 Å². The summed E-state index contributed by atoms with van der Waals surface area (Å²) in [6.45, 7) is 0. The Morgan fingerprint density at radius 2 is 1.94 bits per heavy atom. The number of hydrogen-bond acceptors (Lipinski definition) is 3. The molecule has 0 heterocycles. The van der Waals surface area contributed by atoms with Gasteiger partial charge in [-0.15, -0.1) is 0 Å². The van der Waals surface area contributed by atoms with E-state index in [1.165, 1.54) is 25.7 Å². The zero-order chi connectivity index (χ0) is 12.4. The molecule has 2 fully saturated rings. The monoisotopic (exact) mass is 243 g/mol. The van der Waals surface area contributed by atoms with Gasteiger partial charge in [0.2, 0.25) is 0 Å². The number of carbonyl (C=O) groups excluding carboxylic acids is 1. The molecule has 94 valence electrons. The second-order valence-electron chi connectivity index (χ2n) is 5.18. The summed E-state index contributed by atoms with van der Waals surface area (Å²) in [5, 5.41) is 4.06. The zero-order valence-corrected chi connectivity index (χ0v) is 10.3. The highest BCUT2D eigenvalue weighted by atomic mass is 16.7. The van der Waals surface area contributed by atoms with Crippen LogP contribution in [-0.4, -0.2) is 11.7 Å². The van der Waals surface area contributed by atoms with Gasteiger partial charge >= 0.3 is 5.97 Å². The molecule has 2 saturated carbocycles. The number of nitrogens with zero attached hydrogens (tertiary/aromatic N) is 1. The highest BCUT2D eigenvalue weighted by Gasteiger charge is 2.39. The second kappa shape index (κ2) is 4.92. The van der Waals surface area contributed by atoms with Gasteiger partial charge in [0.25, 0.3) is 0 Å². The first-order valence-corrected chi connectivity index (χ1v) is 6.68. The summed E-state index contributed by atoms with van der Waals surface area (Å²) in [7, 11) is 0. The molecule has 1 aromatic carbocycles. The number of rotatable bonds is 2. The third-order valence-electron chi connectivity index (χ3n) is 4.06. The van der Waals surface area contributed by atoms with Crippen molar-refractivity contribution in [2.75, 3.05) is 0 Å². The topological polar surface area (TPSA) is 38.7 Å². The first-order chi connectivity index (χ1) is 8.84.